The smallest absolute Gasteiger partial charge is 0.408 e. The maximum Gasteiger partial charge on any atom is 0.408 e. The Labute approximate surface area is 205 Å². The first-order valence-corrected chi connectivity index (χ1v) is 12.6. The first-order chi connectivity index (χ1) is 17.0. The van der Waals surface area contributed by atoms with Crippen molar-refractivity contribution in [2.24, 2.45) is 11.8 Å². The van der Waals surface area contributed by atoms with Crippen molar-refractivity contribution in [2.75, 3.05) is 13.2 Å². The molecule has 7 heteroatoms. The van der Waals surface area contributed by atoms with Gasteiger partial charge in [0.05, 0.1) is 5.92 Å². The number of benzene rings is 2. The number of carboxylic acids is 1. The number of carbonyl (C=O) groups excluding carboxylic acids is 2. The van der Waals surface area contributed by atoms with Crippen molar-refractivity contribution in [3.8, 4) is 11.1 Å². The van der Waals surface area contributed by atoms with Gasteiger partial charge in [0.15, 0.2) is 0 Å². The van der Waals surface area contributed by atoms with Gasteiger partial charge in [-0.05, 0) is 47.4 Å². The Morgan fingerprint density at radius 3 is 2.14 bits per heavy atom. The molecule has 3 N–H and O–H groups in total. The second kappa shape index (κ2) is 9.72. The zero-order chi connectivity index (χ0) is 24.4. The largest absolute Gasteiger partial charge is 0.481 e. The van der Waals surface area contributed by atoms with Crippen molar-refractivity contribution in [1.82, 2.24) is 10.6 Å². The summed E-state index contributed by atoms with van der Waals surface area (Å²) in [4.78, 5) is 37.6. The lowest BCUT2D eigenvalue weighted by molar-refractivity contribution is -0.142. The Hall–Kier alpha value is -3.35. The number of fused-ring (bicyclic) bond motifs is 3. The molecule has 3 aliphatic carbocycles. The minimum absolute atomic E-state index is 0.0553. The van der Waals surface area contributed by atoms with Gasteiger partial charge >= 0.3 is 12.1 Å². The van der Waals surface area contributed by atoms with Gasteiger partial charge < -0.3 is 20.5 Å². The van der Waals surface area contributed by atoms with E-state index in [1.807, 2.05) is 24.3 Å². The minimum Gasteiger partial charge on any atom is -0.481 e. The van der Waals surface area contributed by atoms with E-state index in [2.05, 4.69) is 34.9 Å². The molecule has 2 amide bonds. The maximum atomic E-state index is 13.1. The predicted octanol–water partition coefficient (Wildman–Crippen LogP) is 4.46. The molecule has 0 aromatic heterocycles. The molecule has 0 bridgehead atoms. The first kappa shape index (κ1) is 23.4. The highest BCUT2D eigenvalue weighted by atomic mass is 16.5. The average molecular weight is 477 g/mol. The van der Waals surface area contributed by atoms with Crippen molar-refractivity contribution in [3.63, 3.8) is 0 Å². The number of hydrogen-bond acceptors (Lipinski definition) is 4. The van der Waals surface area contributed by atoms with E-state index < -0.39 is 23.5 Å². The van der Waals surface area contributed by atoms with E-state index in [1.54, 1.807) is 0 Å². The van der Waals surface area contributed by atoms with Crippen LogP contribution in [-0.4, -0.2) is 41.8 Å². The molecule has 1 unspecified atom stereocenters. The van der Waals surface area contributed by atoms with E-state index in [4.69, 9.17) is 4.74 Å². The number of ether oxygens (including phenoxy) is 1. The number of amides is 2. The van der Waals surface area contributed by atoms with Crippen LogP contribution in [0.4, 0.5) is 4.79 Å². The van der Waals surface area contributed by atoms with E-state index in [0.29, 0.717) is 25.2 Å². The van der Waals surface area contributed by atoms with Crippen LogP contribution in [0.5, 0.6) is 0 Å². The number of aliphatic carboxylic acids is 1. The molecule has 0 radical (unpaired) electrons. The summed E-state index contributed by atoms with van der Waals surface area (Å²) in [6.07, 6.45) is 4.77. The summed E-state index contributed by atoms with van der Waals surface area (Å²) in [5.41, 5.74) is 3.52. The van der Waals surface area contributed by atoms with Gasteiger partial charge in [0, 0.05) is 12.5 Å². The highest BCUT2D eigenvalue weighted by Crippen LogP contribution is 2.44. The highest BCUT2D eigenvalue weighted by Gasteiger charge is 2.43. The summed E-state index contributed by atoms with van der Waals surface area (Å²) in [5, 5.41) is 15.2. The van der Waals surface area contributed by atoms with Crippen LogP contribution in [0.3, 0.4) is 0 Å². The topological polar surface area (TPSA) is 105 Å². The highest BCUT2D eigenvalue weighted by molar-refractivity contribution is 5.90. The first-order valence-electron chi connectivity index (χ1n) is 12.6. The molecule has 0 spiro atoms. The third-order valence-electron chi connectivity index (χ3n) is 7.75. The molecule has 3 aliphatic rings. The van der Waals surface area contributed by atoms with E-state index in [9.17, 15) is 19.5 Å². The number of carbonyl (C=O) groups is 3. The number of hydrogen-bond donors (Lipinski definition) is 3. The number of alkyl carbamates (subject to hydrolysis) is 1. The second-order valence-electron chi connectivity index (χ2n) is 10.2. The van der Waals surface area contributed by atoms with Crippen LogP contribution in [0.1, 0.15) is 62.0 Å². The molecule has 2 saturated carbocycles. The molecule has 5 rings (SSSR count). The van der Waals surface area contributed by atoms with Gasteiger partial charge in [-0.1, -0.05) is 74.2 Å². The van der Waals surface area contributed by atoms with E-state index >= 15 is 0 Å². The SMILES string of the molecule is O=C(NC1(C(=O)NCC(CC2CC2)C(=O)O)CCCC1)OCC1c2ccccc2-c2ccccc21. The Balaban J connectivity index is 1.22. The molecule has 2 aromatic carbocycles. The molecule has 2 aromatic rings. The van der Waals surface area contributed by atoms with Crippen molar-refractivity contribution < 1.29 is 24.2 Å². The van der Waals surface area contributed by atoms with Crippen LogP contribution < -0.4 is 10.6 Å². The van der Waals surface area contributed by atoms with E-state index in [1.165, 1.54) is 0 Å². The maximum absolute atomic E-state index is 13.1. The number of carboxylic acid groups (broad SMARTS) is 1. The van der Waals surface area contributed by atoms with Gasteiger partial charge in [-0.25, -0.2) is 4.79 Å². The molecule has 0 saturated heterocycles. The van der Waals surface area contributed by atoms with Crippen molar-refractivity contribution in [1.29, 1.82) is 0 Å². The normalized spacial score (nSPS) is 18.9. The minimum atomic E-state index is -1.05. The molecule has 35 heavy (non-hydrogen) atoms. The van der Waals surface area contributed by atoms with Crippen molar-refractivity contribution in [3.05, 3.63) is 59.7 Å². The van der Waals surface area contributed by atoms with Crippen LogP contribution in [0.25, 0.3) is 11.1 Å². The molecular weight excluding hydrogens is 444 g/mol. The van der Waals surface area contributed by atoms with Crippen LogP contribution >= 0.6 is 0 Å². The zero-order valence-electron chi connectivity index (χ0n) is 19.8. The zero-order valence-corrected chi connectivity index (χ0v) is 19.8. The summed E-state index contributed by atoms with van der Waals surface area (Å²) in [6.45, 7) is 0.263. The third kappa shape index (κ3) is 4.90. The Morgan fingerprint density at radius 2 is 1.57 bits per heavy atom. The molecule has 184 valence electrons. The fraction of sp³-hybridized carbons (Fsp3) is 0.464. The fourth-order valence-corrected chi connectivity index (χ4v) is 5.63. The van der Waals surface area contributed by atoms with Crippen molar-refractivity contribution in [2.45, 2.75) is 56.4 Å². The van der Waals surface area contributed by atoms with Crippen LogP contribution in [0.15, 0.2) is 48.5 Å². The third-order valence-corrected chi connectivity index (χ3v) is 7.75. The Morgan fingerprint density at radius 1 is 0.971 bits per heavy atom. The summed E-state index contributed by atoms with van der Waals surface area (Å²) in [6, 6.07) is 16.3. The standard InChI is InChI=1S/C28H32N2O5/c31-25(32)19(15-18-11-12-18)16-29-26(33)28(13-5-6-14-28)30-27(34)35-17-24-22-9-3-1-7-20(22)21-8-2-4-10-23(21)24/h1-4,7-10,18-19,24H,5-6,11-17H2,(H,29,33)(H,30,34)(H,31,32). The lowest BCUT2D eigenvalue weighted by Gasteiger charge is -2.29. The van der Waals surface area contributed by atoms with Gasteiger partial charge in [0.25, 0.3) is 0 Å². The molecule has 2 fully saturated rings. The van der Waals surface area contributed by atoms with Crippen LogP contribution in [0.2, 0.25) is 0 Å². The Kier molecular flexibility index (Phi) is 6.50. The monoisotopic (exact) mass is 476 g/mol. The summed E-state index contributed by atoms with van der Waals surface area (Å²) < 4.78 is 5.68. The number of nitrogens with one attached hydrogen (secondary N) is 2. The van der Waals surface area contributed by atoms with Crippen LogP contribution in [0, 0.1) is 11.8 Å². The van der Waals surface area contributed by atoms with Gasteiger partial charge in [0.2, 0.25) is 5.91 Å². The molecule has 0 heterocycles. The Bertz CT molecular complexity index is 1070. The van der Waals surface area contributed by atoms with Gasteiger partial charge in [-0.15, -0.1) is 0 Å². The summed E-state index contributed by atoms with van der Waals surface area (Å²) in [5.74, 6) is -1.40. The lowest BCUT2D eigenvalue weighted by atomic mass is 9.95. The summed E-state index contributed by atoms with van der Waals surface area (Å²) in [7, 11) is 0. The van der Waals surface area contributed by atoms with E-state index in [-0.39, 0.29) is 25.0 Å². The second-order valence-corrected chi connectivity index (χ2v) is 10.2. The van der Waals surface area contributed by atoms with Gasteiger partial charge in [-0.3, -0.25) is 9.59 Å². The summed E-state index contributed by atoms with van der Waals surface area (Å²) >= 11 is 0. The number of rotatable bonds is 9. The van der Waals surface area contributed by atoms with Gasteiger partial charge in [0.1, 0.15) is 12.1 Å². The predicted molar refractivity (Wildman–Crippen MR) is 131 cm³/mol. The lowest BCUT2D eigenvalue weighted by Crippen LogP contribution is -2.58. The average Bonchev–Trinajstić information content (AvgIpc) is 3.46. The molecule has 7 nitrogen and oxygen atoms in total. The molecule has 0 aliphatic heterocycles. The molecular formula is C28H32N2O5. The van der Waals surface area contributed by atoms with Gasteiger partial charge in [-0.2, -0.15) is 0 Å². The molecule has 1 atom stereocenters. The van der Waals surface area contributed by atoms with Crippen molar-refractivity contribution >= 4 is 18.0 Å². The quantitative estimate of drug-likeness (QED) is 0.496. The van der Waals surface area contributed by atoms with Crippen LogP contribution in [-0.2, 0) is 14.3 Å². The van der Waals surface area contributed by atoms with E-state index in [0.717, 1.165) is 47.9 Å². The fourth-order valence-electron chi connectivity index (χ4n) is 5.63.